The Kier molecular flexibility index (Phi) is 4.46. The summed E-state index contributed by atoms with van der Waals surface area (Å²) in [5.74, 6) is 0.708. The quantitative estimate of drug-likeness (QED) is 0.856. The first kappa shape index (κ1) is 12.9. The lowest BCUT2D eigenvalue weighted by molar-refractivity contribution is 0.468. The molecule has 1 atom stereocenters. The molecule has 1 aliphatic rings. The van der Waals surface area contributed by atoms with Gasteiger partial charge in [0.2, 0.25) is 0 Å². The van der Waals surface area contributed by atoms with Crippen molar-refractivity contribution in [3.8, 4) is 0 Å². The average molecular weight is 297 g/mol. The average Bonchev–Trinajstić information content (AvgIpc) is 2.27. The van der Waals surface area contributed by atoms with Gasteiger partial charge in [0.15, 0.2) is 0 Å². The number of benzene rings is 1. The molecule has 2 nitrogen and oxygen atoms in total. The molecule has 1 aromatic rings. The van der Waals surface area contributed by atoms with Crippen molar-refractivity contribution >= 4 is 21.6 Å². The molecular weight excluding hydrogens is 276 g/mol. The molecular formula is C14H21BrN2. The van der Waals surface area contributed by atoms with Crippen molar-refractivity contribution < 1.29 is 0 Å². The summed E-state index contributed by atoms with van der Waals surface area (Å²) in [6.07, 6.45) is 1.22. The molecule has 0 saturated carbocycles. The molecule has 1 saturated heterocycles. The molecule has 0 amide bonds. The number of rotatable bonds is 1. The molecule has 1 heterocycles. The van der Waals surface area contributed by atoms with Crippen LogP contribution in [0.3, 0.4) is 0 Å². The zero-order valence-electron chi connectivity index (χ0n) is 10.7. The van der Waals surface area contributed by atoms with Crippen molar-refractivity contribution in [1.82, 2.24) is 5.32 Å². The highest BCUT2D eigenvalue weighted by atomic mass is 79.9. The Morgan fingerprint density at radius 1 is 1.41 bits per heavy atom. The van der Waals surface area contributed by atoms with E-state index in [4.69, 9.17) is 0 Å². The third kappa shape index (κ3) is 3.46. The van der Waals surface area contributed by atoms with Gasteiger partial charge in [0.25, 0.3) is 0 Å². The van der Waals surface area contributed by atoms with Gasteiger partial charge in [0.05, 0.1) is 0 Å². The molecule has 1 N–H and O–H groups in total. The summed E-state index contributed by atoms with van der Waals surface area (Å²) >= 11 is 3.56. The van der Waals surface area contributed by atoms with Crippen LogP contribution in [0.2, 0.25) is 0 Å². The summed E-state index contributed by atoms with van der Waals surface area (Å²) in [7, 11) is 0. The molecule has 2 rings (SSSR count). The Morgan fingerprint density at radius 2 is 2.24 bits per heavy atom. The van der Waals surface area contributed by atoms with Crippen molar-refractivity contribution in [2.45, 2.75) is 20.3 Å². The first-order valence-corrected chi connectivity index (χ1v) is 7.18. The molecule has 1 aliphatic heterocycles. The Balaban J connectivity index is 2.15. The fourth-order valence-corrected chi connectivity index (χ4v) is 2.58. The zero-order chi connectivity index (χ0) is 12.3. The van der Waals surface area contributed by atoms with Gasteiger partial charge in [-0.15, -0.1) is 0 Å². The number of hydrogen-bond donors (Lipinski definition) is 1. The molecule has 94 valence electrons. The number of hydrogen-bond acceptors (Lipinski definition) is 2. The molecule has 0 aromatic heterocycles. The minimum atomic E-state index is 0.708. The van der Waals surface area contributed by atoms with Crippen LogP contribution in [0.25, 0.3) is 0 Å². The van der Waals surface area contributed by atoms with Crippen LogP contribution in [0, 0.1) is 12.8 Å². The number of nitrogens with zero attached hydrogens (tertiary/aromatic N) is 1. The highest BCUT2D eigenvalue weighted by Crippen LogP contribution is 2.24. The molecule has 3 heteroatoms. The van der Waals surface area contributed by atoms with Crippen LogP contribution in [0.5, 0.6) is 0 Å². The summed E-state index contributed by atoms with van der Waals surface area (Å²) in [4.78, 5) is 2.52. The summed E-state index contributed by atoms with van der Waals surface area (Å²) in [6.45, 7) is 9.04. The monoisotopic (exact) mass is 296 g/mol. The number of aryl methyl sites for hydroxylation is 1. The maximum absolute atomic E-state index is 3.56. The highest BCUT2D eigenvalue weighted by molar-refractivity contribution is 9.10. The van der Waals surface area contributed by atoms with Crippen LogP contribution in [-0.4, -0.2) is 26.2 Å². The smallest absolute Gasteiger partial charge is 0.0369 e. The first-order chi connectivity index (χ1) is 8.16. The molecule has 0 radical (unpaired) electrons. The molecule has 1 unspecified atom stereocenters. The van der Waals surface area contributed by atoms with Crippen molar-refractivity contribution in [2.24, 2.45) is 5.92 Å². The van der Waals surface area contributed by atoms with Crippen molar-refractivity contribution in [3.63, 3.8) is 0 Å². The Morgan fingerprint density at radius 3 is 3.00 bits per heavy atom. The van der Waals surface area contributed by atoms with E-state index in [1.54, 1.807) is 0 Å². The largest absolute Gasteiger partial charge is 0.371 e. The van der Waals surface area contributed by atoms with Gasteiger partial charge in [-0.25, -0.2) is 0 Å². The SMILES string of the molecule is Cc1cc(N2CCCNCC(C)C2)ccc1Br. The van der Waals surface area contributed by atoms with Gasteiger partial charge in [-0.1, -0.05) is 22.9 Å². The molecule has 0 bridgehead atoms. The number of halogens is 1. The maximum Gasteiger partial charge on any atom is 0.0369 e. The van der Waals surface area contributed by atoms with Crippen LogP contribution in [0.15, 0.2) is 22.7 Å². The Labute approximate surface area is 113 Å². The Bertz CT molecular complexity index is 378. The van der Waals surface area contributed by atoms with Crippen LogP contribution < -0.4 is 10.2 Å². The standard InChI is InChI=1S/C14H21BrN2/c1-11-9-16-6-3-7-17(10-11)13-4-5-14(15)12(2)8-13/h4-5,8,11,16H,3,6-7,9-10H2,1-2H3. The van der Waals surface area contributed by atoms with E-state index in [0.29, 0.717) is 5.92 Å². The van der Waals surface area contributed by atoms with Gasteiger partial charge in [-0.05, 0) is 56.1 Å². The predicted molar refractivity (Wildman–Crippen MR) is 77.7 cm³/mol. The fraction of sp³-hybridized carbons (Fsp3) is 0.571. The summed E-state index contributed by atoms with van der Waals surface area (Å²) < 4.78 is 1.20. The molecule has 0 aliphatic carbocycles. The van der Waals surface area contributed by atoms with E-state index in [0.717, 1.165) is 26.2 Å². The van der Waals surface area contributed by atoms with E-state index in [9.17, 15) is 0 Å². The first-order valence-electron chi connectivity index (χ1n) is 6.38. The highest BCUT2D eigenvalue weighted by Gasteiger charge is 2.14. The summed E-state index contributed by atoms with van der Waals surface area (Å²) in [6, 6.07) is 6.66. The van der Waals surface area contributed by atoms with Gasteiger partial charge >= 0.3 is 0 Å². The predicted octanol–water partition coefficient (Wildman–Crippen LogP) is 3.19. The number of nitrogens with one attached hydrogen (secondary N) is 1. The minimum Gasteiger partial charge on any atom is -0.371 e. The topological polar surface area (TPSA) is 15.3 Å². The molecule has 0 spiro atoms. The summed E-state index contributed by atoms with van der Waals surface area (Å²) in [5, 5.41) is 3.50. The van der Waals surface area contributed by atoms with E-state index in [-0.39, 0.29) is 0 Å². The van der Waals surface area contributed by atoms with Gasteiger partial charge in [0, 0.05) is 23.2 Å². The lowest BCUT2D eigenvalue weighted by Gasteiger charge is -2.31. The van der Waals surface area contributed by atoms with Crippen LogP contribution >= 0.6 is 15.9 Å². The van der Waals surface area contributed by atoms with E-state index in [2.05, 4.69) is 58.2 Å². The van der Waals surface area contributed by atoms with E-state index in [1.165, 1.54) is 22.1 Å². The van der Waals surface area contributed by atoms with Crippen molar-refractivity contribution in [2.75, 3.05) is 31.1 Å². The lowest BCUT2D eigenvalue weighted by Crippen LogP contribution is -2.38. The number of anilines is 1. The van der Waals surface area contributed by atoms with E-state index in [1.807, 2.05) is 0 Å². The van der Waals surface area contributed by atoms with Crippen molar-refractivity contribution in [1.29, 1.82) is 0 Å². The Hall–Kier alpha value is -0.540. The fourth-order valence-electron chi connectivity index (χ4n) is 2.34. The van der Waals surface area contributed by atoms with Gasteiger partial charge < -0.3 is 10.2 Å². The third-order valence-electron chi connectivity index (χ3n) is 3.31. The van der Waals surface area contributed by atoms with Crippen LogP contribution in [0.4, 0.5) is 5.69 Å². The maximum atomic E-state index is 3.56. The van der Waals surface area contributed by atoms with Gasteiger partial charge in [0.1, 0.15) is 0 Å². The molecule has 1 fully saturated rings. The van der Waals surface area contributed by atoms with Crippen molar-refractivity contribution in [3.05, 3.63) is 28.2 Å². The van der Waals surface area contributed by atoms with Crippen LogP contribution in [-0.2, 0) is 0 Å². The second-order valence-corrected chi connectivity index (χ2v) is 5.90. The second-order valence-electron chi connectivity index (χ2n) is 5.04. The molecule has 17 heavy (non-hydrogen) atoms. The van der Waals surface area contributed by atoms with Gasteiger partial charge in [-0.2, -0.15) is 0 Å². The van der Waals surface area contributed by atoms with Crippen LogP contribution in [0.1, 0.15) is 18.9 Å². The molecule has 1 aromatic carbocycles. The normalized spacial score (nSPS) is 22.1. The third-order valence-corrected chi connectivity index (χ3v) is 4.20. The minimum absolute atomic E-state index is 0.708. The second kappa shape index (κ2) is 5.87. The van der Waals surface area contributed by atoms with E-state index < -0.39 is 0 Å². The van der Waals surface area contributed by atoms with E-state index >= 15 is 0 Å². The van der Waals surface area contributed by atoms with Gasteiger partial charge in [-0.3, -0.25) is 0 Å². The lowest BCUT2D eigenvalue weighted by atomic mass is 10.1. The zero-order valence-corrected chi connectivity index (χ0v) is 12.3. The summed E-state index contributed by atoms with van der Waals surface area (Å²) in [5.41, 5.74) is 2.68.